The molecule has 0 bridgehead atoms. The Balaban J connectivity index is 2.01. The lowest BCUT2D eigenvalue weighted by molar-refractivity contribution is 0.0985. The first-order valence-corrected chi connectivity index (χ1v) is 11.8. The third-order valence-electron chi connectivity index (χ3n) is 5.20. The van der Waals surface area contributed by atoms with E-state index < -0.39 is 10.0 Å². The highest BCUT2D eigenvalue weighted by Gasteiger charge is 2.24. The Morgan fingerprint density at radius 1 is 0.839 bits per heavy atom. The molecule has 0 radical (unpaired) electrons. The molecule has 0 fully saturated rings. The number of aryl methyl sites for hydroxylation is 1. The van der Waals surface area contributed by atoms with E-state index in [1.54, 1.807) is 30.9 Å². The largest absolute Gasteiger partial charge is 0.304 e. The Morgan fingerprint density at radius 2 is 1.48 bits per heavy atom. The predicted molar refractivity (Wildman–Crippen MR) is 125 cm³/mol. The van der Waals surface area contributed by atoms with Gasteiger partial charge in [-0.2, -0.15) is 4.31 Å². The molecule has 162 valence electrons. The second-order valence-electron chi connectivity index (χ2n) is 7.33. The maximum atomic E-state index is 13.5. The molecule has 3 aromatic carbocycles. The van der Waals surface area contributed by atoms with Crippen LogP contribution in [0.25, 0.3) is 0 Å². The molecule has 0 N–H and O–H groups in total. The second-order valence-corrected chi connectivity index (χ2v) is 9.27. The Hall–Kier alpha value is -2.96. The van der Waals surface area contributed by atoms with Gasteiger partial charge in [-0.15, -0.1) is 0 Å². The maximum Gasteiger partial charge on any atom is 0.258 e. The quantitative estimate of drug-likeness (QED) is 0.506. The van der Waals surface area contributed by atoms with Gasteiger partial charge in [0, 0.05) is 24.3 Å². The van der Waals surface area contributed by atoms with E-state index >= 15 is 0 Å². The van der Waals surface area contributed by atoms with Gasteiger partial charge in [-0.3, -0.25) is 4.79 Å². The number of hydrogen-bond donors (Lipinski definition) is 0. The number of anilines is 1. The zero-order chi connectivity index (χ0) is 22.4. The van der Waals surface area contributed by atoms with Crippen LogP contribution in [0.15, 0.2) is 83.8 Å². The van der Waals surface area contributed by atoms with Crippen molar-refractivity contribution in [2.24, 2.45) is 0 Å². The normalized spacial score (nSPS) is 11.5. The molecule has 1 amide bonds. The molecular weight excluding hydrogens is 408 g/mol. The Morgan fingerprint density at radius 3 is 2.10 bits per heavy atom. The Bertz CT molecular complexity index is 1120. The van der Waals surface area contributed by atoms with E-state index in [9.17, 15) is 13.2 Å². The van der Waals surface area contributed by atoms with Crippen molar-refractivity contribution in [3.05, 3.63) is 95.6 Å². The fraction of sp³-hybridized carbons (Fsp3) is 0.240. The molecule has 6 heteroatoms. The molecule has 5 nitrogen and oxygen atoms in total. The molecule has 0 aliphatic heterocycles. The van der Waals surface area contributed by atoms with E-state index in [4.69, 9.17) is 0 Å². The summed E-state index contributed by atoms with van der Waals surface area (Å²) in [5, 5.41) is 0. The van der Waals surface area contributed by atoms with Crippen molar-refractivity contribution in [2.45, 2.75) is 32.2 Å². The lowest BCUT2D eigenvalue weighted by Gasteiger charge is -2.24. The molecule has 0 aliphatic carbocycles. The van der Waals surface area contributed by atoms with Crippen LogP contribution in [-0.4, -0.2) is 31.7 Å². The van der Waals surface area contributed by atoms with E-state index in [0.29, 0.717) is 25.2 Å². The topological polar surface area (TPSA) is 57.7 Å². The fourth-order valence-electron chi connectivity index (χ4n) is 3.43. The van der Waals surface area contributed by atoms with Crippen LogP contribution in [-0.2, 0) is 16.6 Å². The molecule has 31 heavy (non-hydrogen) atoms. The van der Waals surface area contributed by atoms with Crippen LogP contribution in [0, 0.1) is 6.92 Å². The lowest BCUT2D eigenvalue weighted by atomic mass is 10.1. The third-order valence-corrected chi connectivity index (χ3v) is 7.24. The fourth-order valence-corrected chi connectivity index (χ4v) is 4.93. The number of rotatable bonds is 8. The summed E-state index contributed by atoms with van der Waals surface area (Å²) in [6.45, 7) is 6.73. The third kappa shape index (κ3) is 5.21. The lowest BCUT2D eigenvalue weighted by Crippen LogP contribution is -2.32. The van der Waals surface area contributed by atoms with Crippen molar-refractivity contribution in [2.75, 3.05) is 18.0 Å². The average molecular weight is 437 g/mol. The van der Waals surface area contributed by atoms with E-state index in [0.717, 1.165) is 16.8 Å². The number of carbonyl (C=O) groups is 1. The minimum absolute atomic E-state index is 0.130. The van der Waals surface area contributed by atoms with Crippen molar-refractivity contribution in [3.8, 4) is 0 Å². The summed E-state index contributed by atoms with van der Waals surface area (Å²) in [6, 6.07) is 23.8. The van der Waals surface area contributed by atoms with Gasteiger partial charge in [0.05, 0.1) is 11.4 Å². The molecule has 0 aromatic heterocycles. The number of hydrogen-bond acceptors (Lipinski definition) is 3. The summed E-state index contributed by atoms with van der Waals surface area (Å²) < 4.78 is 27.3. The highest BCUT2D eigenvalue weighted by Crippen LogP contribution is 2.23. The van der Waals surface area contributed by atoms with Crippen LogP contribution in [0.1, 0.15) is 35.3 Å². The molecular formula is C25H28N2O3S. The van der Waals surface area contributed by atoms with Gasteiger partial charge in [0.1, 0.15) is 0 Å². The summed E-state index contributed by atoms with van der Waals surface area (Å²) in [5.74, 6) is -0.246. The molecule has 0 heterocycles. The summed E-state index contributed by atoms with van der Waals surface area (Å²) in [7, 11) is -3.65. The highest BCUT2D eigenvalue weighted by atomic mass is 32.2. The van der Waals surface area contributed by atoms with Crippen LogP contribution in [0.3, 0.4) is 0 Å². The summed E-state index contributed by atoms with van der Waals surface area (Å²) in [5.41, 5.74) is 3.19. The van der Waals surface area contributed by atoms with Crippen LogP contribution in [0.2, 0.25) is 0 Å². The van der Waals surface area contributed by atoms with Crippen LogP contribution >= 0.6 is 0 Å². The van der Waals surface area contributed by atoms with Gasteiger partial charge in [0.15, 0.2) is 0 Å². The zero-order valence-electron chi connectivity index (χ0n) is 18.2. The van der Waals surface area contributed by atoms with E-state index in [1.165, 1.54) is 16.4 Å². The van der Waals surface area contributed by atoms with Crippen LogP contribution in [0.5, 0.6) is 0 Å². The van der Waals surface area contributed by atoms with Gasteiger partial charge in [0.25, 0.3) is 5.91 Å². The van der Waals surface area contributed by atoms with Gasteiger partial charge >= 0.3 is 0 Å². The van der Waals surface area contributed by atoms with Gasteiger partial charge in [-0.25, -0.2) is 8.42 Å². The van der Waals surface area contributed by atoms with Crippen molar-refractivity contribution < 1.29 is 13.2 Å². The van der Waals surface area contributed by atoms with E-state index in [1.807, 2.05) is 61.5 Å². The number of sulfonamides is 1. The second kappa shape index (κ2) is 9.90. The van der Waals surface area contributed by atoms with Crippen LogP contribution in [0.4, 0.5) is 5.69 Å². The van der Waals surface area contributed by atoms with E-state index in [2.05, 4.69) is 0 Å². The first kappa shape index (κ1) is 22.7. The standard InChI is InChI=1S/C25H28N2O3S/c1-4-26(5-2)31(29,30)24-13-9-12-22(18-24)25(28)27(19-21-10-7-6-8-11-21)23-16-14-20(3)15-17-23/h6-18H,4-5,19H2,1-3H3. The monoisotopic (exact) mass is 436 g/mol. The molecule has 0 atom stereocenters. The first-order valence-electron chi connectivity index (χ1n) is 10.4. The highest BCUT2D eigenvalue weighted by molar-refractivity contribution is 7.89. The van der Waals surface area contributed by atoms with Crippen molar-refractivity contribution in [1.82, 2.24) is 4.31 Å². The number of amides is 1. The summed E-state index contributed by atoms with van der Waals surface area (Å²) >= 11 is 0. The van der Waals surface area contributed by atoms with Crippen molar-refractivity contribution >= 4 is 21.6 Å². The Labute approximate surface area is 185 Å². The molecule has 0 unspecified atom stereocenters. The molecule has 0 aliphatic rings. The molecule has 3 aromatic rings. The van der Waals surface area contributed by atoms with Crippen LogP contribution < -0.4 is 4.90 Å². The van der Waals surface area contributed by atoms with Crippen molar-refractivity contribution in [1.29, 1.82) is 0 Å². The molecule has 0 spiro atoms. The van der Waals surface area contributed by atoms with Gasteiger partial charge in [0.2, 0.25) is 10.0 Å². The van der Waals surface area contributed by atoms with Gasteiger partial charge in [-0.05, 0) is 42.8 Å². The summed E-state index contributed by atoms with van der Waals surface area (Å²) in [6.07, 6.45) is 0. The maximum absolute atomic E-state index is 13.5. The number of nitrogens with zero attached hydrogens (tertiary/aromatic N) is 2. The smallest absolute Gasteiger partial charge is 0.258 e. The van der Waals surface area contributed by atoms with Gasteiger partial charge in [-0.1, -0.05) is 67.9 Å². The van der Waals surface area contributed by atoms with Crippen molar-refractivity contribution in [3.63, 3.8) is 0 Å². The minimum Gasteiger partial charge on any atom is -0.304 e. The zero-order valence-corrected chi connectivity index (χ0v) is 19.0. The number of carbonyl (C=O) groups excluding carboxylic acids is 1. The first-order chi connectivity index (χ1) is 14.9. The van der Waals surface area contributed by atoms with Gasteiger partial charge < -0.3 is 4.90 Å². The predicted octanol–water partition coefficient (Wildman–Crippen LogP) is 4.87. The average Bonchev–Trinajstić information content (AvgIpc) is 2.79. The molecule has 0 saturated heterocycles. The molecule has 0 saturated carbocycles. The SMILES string of the molecule is CCN(CC)S(=O)(=O)c1cccc(C(=O)N(Cc2ccccc2)c2ccc(C)cc2)c1. The Kier molecular flexibility index (Phi) is 7.25. The summed E-state index contributed by atoms with van der Waals surface area (Å²) in [4.78, 5) is 15.3. The molecule has 3 rings (SSSR count). The minimum atomic E-state index is -3.65. The van der Waals surface area contributed by atoms with E-state index in [-0.39, 0.29) is 10.8 Å². The number of benzene rings is 3.